The second-order valence-electron chi connectivity index (χ2n) is 18.9. The number of rotatable bonds is 8. The molecule has 3 saturated heterocycles. The number of carbonyl (C=O) groups excluding carboxylic acids is 1. The fourth-order valence-electron chi connectivity index (χ4n) is 11.4. The van der Waals surface area contributed by atoms with Crippen LogP contribution in [0.5, 0.6) is 17.6 Å². The molecule has 5 fully saturated rings. The first-order valence-corrected chi connectivity index (χ1v) is 21.8. The molecule has 2 N–H and O–H groups in total. The summed E-state index contributed by atoms with van der Waals surface area (Å²) in [6.07, 6.45) is 15.4. The van der Waals surface area contributed by atoms with Crippen LogP contribution in [-0.2, 0) is 9.53 Å². The van der Waals surface area contributed by atoms with Crippen molar-refractivity contribution in [3.8, 4) is 41.2 Å². The Morgan fingerprint density at radius 3 is 2.56 bits per heavy atom. The Hall–Kier alpha value is -4.84. The third-order valence-corrected chi connectivity index (χ3v) is 14.4. The lowest BCUT2D eigenvalue weighted by atomic mass is 9.59. The Labute approximate surface area is 355 Å². The number of aromatic nitrogens is 3. The van der Waals surface area contributed by atoms with Gasteiger partial charge in [0.2, 0.25) is 11.8 Å². The first kappa shape index (κ1) is 41.5. The van der Waals surface area contributed by atoms with E-state index in [0.29, 0.717) is 36.0 Å². The number of hydrogen-bond donors (Lipinski definition) is 2. The summed E-state index contributed by atoms with van der Waals surface area (Å²) < 4.78 is 50.9. The van der Waals surface area contributed by atoms with E-state index in [0.717, 1.165) is 77.4 Å². The van der Waals surface area contributed by atoms with Gasteiger partial charge in [0.15, 0.2) is 5.82 Å². The number of halogens is 2. The van der Waals surface area contributed by atoms with E-state index in [1.165, 1.54) is 31.4 Å². The number of phenolic OH excluding ortho intramolecular Hbond substituents is 1. The number of anilines is 1. The highest BCUT2D eigenvalue weighted by atomic mass is 19.1. The molecule has 14 heteroatoms. The largest absolute Gasteiger partial charge is 0.508 e. The first-order valence-electron chi connectivity index (χ1n) is 21.8. The van der Waals surface area contributed by atoms with Crippen LogP contribution in [0.15, 0.2) is 24.3 Å². The van der Waals surface area contributed by atoms with Crippen LogP contribution in [0.1, 0.15) is 84.1 Å². The lowest BCUT2D eigenvalue weighted by molar-refractivity contribution is -0.141. The summed E-state index contributed by atoms with van der Waals surface area (Å²) in [7, 11) is 1.40. The number of amides is 1. The molecule has 2 aromatic heterocycles. The van der Waals surface area contributed by atoms with Gasteiger partial charge in [-0.15, -0.1) is 6.42 Å². The molecule has 2 aromatic carbocycles. The second kappa shape index (κ2) is 15.8. The number of phenols is 1. The quantitative estimate of drug-likeness (QED) is 0.181. The zero-order valence-corrected chi connectivity index (χ0v) is 35.6. The summed E-state index contributed by atoms with van der Waals surface area (Å²) in [5, 5.41) is 22.8. The highest BCUT2D eigenvalue weighted by molar-refractivity contribution is 6.04. The number of carbonyl (C=O) groups is 1. The van der Waals surface area contributed by atoms with Crippen LogP contribution in [-0.4, -0.2) is 118 Å². The predicted molar refractivity (Wildman–Crippen MR) is 228 cm³/mol. The normalized spacial score (nSPS) is 25.7. The number of benzene rings is 2. The number of aliphatic hydroxyl groups is 1. The van der Waals surface area contributed by atoms with Crippen molar-refractivity contribution >= 4 is 33.4 Å². The van der Waals surface area contributed by atoms with Crippen molar-refractivity contribution in [2.45, 2.75) is 96.2 Å². The fourth-order valence-corrected chi connectivity index (χ4v) is 11.4. The van der Waals surface area contributed by atoms with Gasteiger partial charge in [0, 0.05) is 54.0 Å². The number of aromatic hydroxyl groups is 1. The zero-order valence-electron chi connectivity index (χ0n) is 35.6. The maximum Gasteiger partial charge on any atom is 0.319 e. The Kier molecular flexibility index (Phi) is 10.8. The molecular weight excluding hydrogens is 783 g/mol. The molecule has 2 aliphatic carbocycles. The van der Waals surface area contributed by atoms with Crippen molar-refractivity contribution in [1.29, 1.82) is 0 Å². The average Bonchev–Trinajstić information content (AvgIpc) is 3.58. The summed E-state index contributed by atoms with van der Waals surface area (Å²) in [6.45, 7) is 9.54. The van der Waals surface area contributed by atoms with Gasteiger partial charge < -0.3 is 34.2 Å². The molecule has 0 radical (unpaired) electrons. The number of hydrogen-bond acceptors (Lipinski definition) is 11. The van der Waals surface area contributed by atoms with Crippen LogP contribution in [0.3, 0.4) is 0 Å². The standard InChI is InChI=1S/C47H56F2N6O6/c1-6-32-34(48)11-10-29-21-31(56)22-33(36(29)32)39-38(49)40-37(42(50-39)59-5)41(54-19-20-60-26-45(4,58)25-54)52-44(51-40)61-27-47-12-7-9-35(47)55(16-8-13-47)30-23-46(24-30)14-17-53(18-15-46)43(57)28(2)3/h1,10-11,21-22,28,30,35,56,58H,7-9,12-20,23-27H2,2-5H3/t35-,45+,47-/m1/s1. The summed E-state index contributed by atoms with van der Waals surface area (Å²) >= 11 is 0. The van der Waals surface area contributed by atoms with Crippen LogP contribution < -0.4 is 14.4 Å². The molecule has 3 aliphatic heterocycles. The highest BCUT2D eigenvalue weighted by Crippen LogP contribution is 2.56. The van der Waals surface area contributed by atoms with Gasteiger partial charge in [0.05, 0.1) is 39.0 Å². The van der Waals surface area contributed by atoms with Gasteiger partial charge in [-0.25, -0.2) is 13.8 Å². The number of β-amino-alcohol motifs (C(OH)–C–C–N with tert-alkyl or cyclic N) is 1. The number of ether oxygens (including phenoxy) is 3. The van der Waals surface area contributed by atoms with Gasteiger partial charge in [0.25, 0.3) is 0 Å². The van der Waals surface area contributed by atoms with E-state index in [9.17, 15) is 15.0 Å². The number of methoxy groups -OCH3 is 1. The molecule has 2 saturated carbocycles. The number of likely N-dealkylation sites (tertiary alicyclic amines) is 2. The van der Waals surface area contributed by atoms with Gasteiger partial charge in [-0.1, -0.05) is 32.3 Å². The first-order chi connectivity index (χ1) is 29.2. The minimum atomic E-state index is -1.26. The Morgan fingerprint density at radius 1 is 1.05 bits per heavy atom. The molecule has 5 heterocycles. The molecule has 9 rings (SSSR count). The number of terminal acetylenes is 1. The third-order valence-electron chi connectivity index (χ3n) is 14.4. The third kappa shape index (κ3) is 7.40. The van der Waals surface area contributed by atoms with Crippen molar-refractivity contribution in [3.63, 3.8) is 0 Å². The van der Waals surface area contributed by atoms with Crippen LogP contribution in [0.2, 0.25) is 0 Å². The number of nitrogens with zero attached hydrogens (tertiary/aromatic N) is 6. The van der Waals surface area contributed by atoms with E-state index in [1.54, 1.807) is 6.92 Å². The number of piperidine rings is 2. The van der Waals surface area contributed by atoms with E-state index < -0.39 is 17.2 Å². The van der Waals surface area contributed by atoms with Gasteiger partial charge in [-0.3, -0.25) is 9.69 Å². The smallest absolute Gasteiger partial charge is 0.319 e. The summed E-state index contributed by atoms with van der Waals surface area (Å²) in [4.78, 5) is 33.6. The number of pyridine rings is 1. The second-order valence-corrected chi connectivity index (χ2v) is 18.9. The fraction of sp³-hybridized carbons (Fsp3) is 0.574. The molecule has 1 spiro atoms. The molecular formula is C47H56F2N6O6. The lowest BCUT2D eigenvalue weighted by Gasteiger charge is -2.59. The van der Waals surface area contributed by atoms with Crippen molar-refractivity contribution < 1.29 is 38.0 Å². The molecule has 12 nitrogen and oxygen atoms in total. The topological polar surface area (TPSA) is 134 Å². The summed E-state index contributed by atoms with van der Waals surface area (Å²) in [5.74, 6) is 1.20. The zero-order chi connectivity index (χ0) is 42.8. The maximum atomic E-state index is 17.5. The Morgan fingerprint density at radius 2 is 1.82 bits per heavy atom. The maximum absolute atomic E-state index is 17.5. The van der Waals surface area contributed by atoms with Crippen LogP contribution in [0.4, 0.5) is 14.6 Å². The Balaban J connectivity index is 1.06. The summed E-state index contributed by atoms with van der Waals surface area (Å²) in [6, 6.07) is 6.22. The van der Waals surface area contributed by atoms with E-state index in [1.807, 2.05) is 18.7 Å². The van der Waals surface area contributed by atoms with Crippen molar-refractivity contribution in [2.24, 2.45) is 16.7 Å². The molecule has 61 heavy (non-hydrogen) atoms. The summed E-state index contributed by atoms with van der Waals surface area (Å²) in [5.41, 5.74) is -1.51. The van der Waals surface area contributed by atoms with Crippen LogP contribution >= 0.6 is 0 Å². The van der Waals surface area contributed by atoms with Crippen LogP contribution in [0.25, 0.3) is 32.9 Å². The van der Waals surface area contributed by atoms with E-state index in [4.69, 9.17) is 30.6 Å². The Bertz CT molecular complexity index is 2410. The molecule has 3 atom stereocenters. The van der Waals surface area contributed by atoms with E-state index in [2.05, 4.69) is 20.7 Å². The van der Waals surface area contributed by atoms with Gasteiger partial charge in [0.1, 0.15) is 39.6 Å². The molecule has 5 aliphatic rings. The van der Waals surface area contributed by atoms with E-state index >= 15 is 8.78 Å². The van der Waals surface area contributed by atoms with Crippen LogP contribution in [0, 0.1) is 40.7 Å². The van der Waals surface area contributed by atoms with Crippen molar-refractivity contribution in [2.75, 3.05) is 64.6 Å². The molecule has 324 valence electrons. The highest BCUT2D eigenvalue weighted by Gasteiger charge is 2.55. The average molecular weight is 839 g/mol. The van der Waals surface area contributed by atoms with Crippen molar-refractivity contribution in [3.05, 3.63) is 41.5 Å². The minimum absolute atomic E-state index is 0.0132. The molecule has 4 aromatic rings. The SMILES string of the molecule is C#Cc1c(F)ccc2cc(O)cc(-c3nc(OC)c4c(N5CCOC[C@@](C)(O)C5)nc(OC[C@]56CCC[C@H]5N(C5CC7(CCN(C(=O)C(C)C)CC7)C5)CCC6)nc4c3F)c12. The van der Waals surface area contributed by atoms with Gasteiger partial charge in [-0.05, 0) is 93.8 Å². The molecule has 0 bridgehead atoms. The van der Waals surface area contributed by atoms with Gasteiger partial charge in [-0.2, -0.15) is 9.97 Å². The van der Waals surface area contributed by atoms with E-state index in [-0.39, 0.29) is 93.6 Å². The molecule has 1 amide bonds. The van der Waals surface area contributed by atoms with Crippen molar-refractivity contribution in [1.82, 2.24) is 24.8 Å². The lowest BCUT2D eigenvalue weighted by Crippen LogP contribution is -2.62. The minimum Gasteiger partial charge on any atom is -0.508 e. The monoisotopic (exact) mass is 838 g/mol. The predicted octanol–water partition coefficient (Wildman–Crippen LogP) is 6.85. The number of fused-ring (bicyclic) bond motifs is 3. The molecule has 0 unspecified atom stereocenters. The van der Waals surface area contributed by atoms with Gasteiger partial charge >= 0.3 is 6.01 Å².